The maximum Gasteiger partial charge on any atom is 0.325 e. The molecule has 1 atom stereocenters. The summed E-state index contributed by atoms with van der Waals surface area (Å²) >= 11 is 3.31. The third-order valence-corrected chi connectivity index (χ3v) is 5.10. The Morgan fingerprint density at radius 1 is 1.08 bits per heavy atom. The summed E-state index contributed by atoms with van der Waals surface area (Å²) in [7, 11) is 0. The van der Waals surface area contributed by atoms with Crippen molar-refractivity contribution in [3.05, 3.63) is 70.2 Å². The predicted octanol–water partition coefficient (Wildman–Crippen LogP) is 3.58. The minimum absolute atomic E-state index is 0.257. The van der Waals surface area contributed by atoms with E-state index in [1.54, 1.807) is 31.2 Å². The molecule has 1 saturated heterocycles. The van der Waals surface area contributed by atoms with Gasteiger partial charge in [-0.05, 0) is 37.5 Å². The van der Waals surface area contributed by atoms with Crippen LogP contribution in [0.5, 0.6) is 0 Å². The molecule has 6 heteroatoms. The first-order valence-electron chi connectivity index (χ1n) is 8.36. The van der Waals surface area contributed by atoms with Crippen molar-refractivity contribution in [3.8, 4) is 0 Å². The smallest absolute Gasteiger partial charge is 0.323 e. The van der Waals surface area contributed by atoms with E-state index in [2.05, 4.69) is 21.2 Å². The largest absolute Gasteiger partial charge is 0.325 e. The van der Waals surface area contributed by atoms with E-state index in [1.807, 2.05) is 30.3 Å². The van der Waals surface area contributed by atoms with Gasteiger partial charge in [-0.25, -0.2) is 4.79 Å². The number of carbonyl (C=O) groups is 3. The standard InChI is InChI=1S/C20H19BrN2O3/c1-20(12-11-14-5-3-2-4-6-14)18(25)23(19(26)22-20)13-17(24)15-7-9-16(21)10-8-15/h2-10H,11-13H2,1H3,(H,22,26)/t20-/m0/s1. The molecule has 1 heterocycles. The maximum absolute atomic E-state index is 12.8. The van der Waals surface area contributed by atoms with Crippen LogP contribution in [0.3, 0.4) is 0 Å². The lowest BCUT2D eigenvalue weighted by molar-refractivity contribution is -0.130. The van der Waals surface area contributed by atoms with Crippen molar-refractivity contribution in [1.29, 1.82) is 0 Å². The zero-order valence-electron chi connectivity index (χ0n) is 14.4. The molecule has 0 aromatic heterocycles. The van der Waals surface area contributed by atoms with E-state index in [0.29, 0.717) is 18.4 Å². The summed E-state index contributed by atoms with van der Waals surface area (Å²) in [6, 6.07) is 16.1. The second-order valence-corrected chi connectivity index (χ2v) is 7.48. The minimum atomic E-state index is -0.993. The Hall–Kier alpha value is -2.47. The SMILES string of the molecule is C[C@@]1(CCc2ccccc2)NC(=O)N(CC(=O)c2ccc(Br)cc2)C1=O. The van der Waals surface area contributed by atoms with Crippen LogP contribution in [0.25, 0.3) is 0 Å². The Labute approximate surface area is 160 Å². The number of imide groups is 1. The number of hydrogen-bond acceptors (Lipinski definition) is 3. The summed E-state index contributed by atoms with van der Waals surface area (Å²) in [5, 5.41) is 2.74. The van der Waals surface area contributed by atoms with Crippen LogP contribution in [-0.2, 0) is 11.2 Å². The molecular weight excluding hydrogens is 396 g/mol. The molecule has 2 aromatic carbocycles. The van der Waals surface area contributed by atoms with Gasteiger partial charge in [0.2, 0.25) is 0 Å². The monoisotopic (exact) mass is 414 g/mol. The summed E-state index contributed by atoms with van der Waals surface area (Å²) in [5.41, 5.74) is 0.569. The molecule has 1 aliphatic heterocycles. The van der Waals surface area contributed by atoms with Crippen LogP contribution in [0, 0.1) is 0 Å². The molecule has 0 radical (unpaired) electrons. The Bertz CT molecular complexity index is 836. The van der Waals surface area contributed by atoms with E-state index in [9.17, 15) is 14.4 Å². The van der Waals surface area contributed by atoms with Gasteiger partial charge in [-0.15, -0.1) is 0 Å². The lowest BCUT2D eigenvalue weighted by Gasteiger charge is -2.21. The average molecular weight is 415 g/mol. The molecular formula is C20H19BrN2O3. The number of hydrogen-bond donors (Lipinski definition) is 1. The minimum Gasteiger partial charge on any atom is -0.323 e. The Balaban J connectivity index is 1.67. The third kappa shape index (κ3) is 3.85. The highest BCUT2D eigenvalue weighted by molar-refractivity contribution is 9.10. The van der Waals surface area contributed by atoms with Gasteiger partial charge in [0, 0.05) is 10.0 Å². The maximum atomic E-state index is 12.8. The quantitative estimate of drug-likeness (QED) is 0.580. The number of nitrogens with one attached hydrogen (secondary N) is 1. The van der Waals surface area contributed by atoms with E-state index in [4.69, 9.17) is 0 Å². The second-order valence-electron chi connectivity index (χ2n) is 6.57. The van der Waals surface area contributed by atoms with Crippen LogP contribution in [0.1, 0.15) is 29.3 Å². The lowest BCUT2D eigenvalue weighted by Crippen LogP contribution is -2.44. The molecule has 0 saturated carbocycles. The highest BCUT2D eigenvalue weighted by Crippen LogP contribution is 2.24. The van der Waals surface area contributed by atoms with Crippen molar-refractivity contribution in [2.75, 3.05) is 6.54 Å². The molecule has 0 bridgehead atoms. The fourth-order valence-electron chi connectivity index (χ4n) is 2.97. The highest BCUT2D eigenvalue weighted by Gasteiger charge is 2.47. The van der Waals surface area contributed by atoms with Gasteiger partial charge in [-0.1, -0.05) is 58.4 Å². The highest BCUT2D eigenvalue weighted by atomic mass is 79.9. The predicted molar refractivity (Wildman–Crippen MR) is 102 cm³/mol. The van der Waals surface area contributed by atoms with Crippen molar-refractivity contribution >= 4 is 33.7 Å². The summed E-state index contributed by atoms with van der Waals surface area (Å²) in [5.74, 6) is -0.628. The van der Waals surface area contributed by atoms with Crippen LogP contribution in [0.4, 0.5) is 4.79 Å². The van der Waals surface area contributed by atoms with Gasteiger partial charge in [0.25, 0.3) is 5.91 Å². The van der Waals surface area contributed by atoms with E-state index in [1.165, 1.54) is 0 Å². The number of rotatable bonds is 6. The second kappa shape index (κ2) is 7.41. The van der Waals surface area contributed by atoms with Gasteiger partial charge in [-0.3, -0.25) is 14.5 Å². The first-order valence-corrected chi connectivity index (χ1v) is 9.15. The number of aryl methyl sites for hydroxylation is 1. The number of benzene rings is 2. The van der Waals surface area contributed by atoms with E-state index in [0.717, 1.165) is 14.9 Å². The zero-order valence-corrected chi connectivity index (χ0v) is 16.0. The van der Waals surface area contributed by atoms with Crippen molar-refractivity contribution in [2.24, 2.45) is 0 Å². The molecule has 0 spiro atoms. The number of ketones is 1. The number of amides is 3. The summed E-state index contributed by atoms with van der Waals surface area (Å²) in [6.07, 6.45) is 1.14. The van der Waals surface area contributed by atoms with Crippen molar-refractivity contribution < 1.29 is 14.4 Å². The normalized spacial score (nSPS) is 19.5. The Kier molecular flexibility index (Phi) is 5.23. The van der Waals surface area contributed by atoms with Gasteiger partial charge in [0.05, 0.1) is 6.54 Å². The first-order chi connectivity index (χ1) is 12.4. The van der Waals surface area contributed by atoms with Gasteiger partial charge < -0.3 is 5.32 Å². The van der Waals surface area contributed by atoms with Crippen LogP contribution >= 0.6 is 15.9 Å². The van der Waals surface area contributed by atoms with E-state index in [-0.39, 0.29) is 18.2 Å². The topological polar surface area (TPSA) is 66.5 Å². The molecule has 2 aromatic rings. The van der Waals surface area contributed by atoms with Crippen LogP contribution in [0.2, 0.25) is 0 Å². The number of nitrogens with zero attached hydrogens (tertiary/aromatic N) is 1. The van der Waals surface area contributed by atoms with Crippen LogP contribution in [-0.4, -0.2) is 34.7 Å². The third-order valence-electron chi connectivity index (χ3n) is 4.57. The van der Waals surface area contributed by atoms with Crippen molar-refractivity contribution in [3.63, 3.8) is 0 Å². The van der Waals surface area contributed by atoms with E-state index < -0.39 is 11.6 Å². The average Bonchev–Trinajstić information content (AvgIpc) is 2.85. The molecule has 3 rings (SSSR count). The fourth-order valence-corrected chi connectivity index (χ4v) is 3.23. The molecule has 26 heavy (non-hydrogen) atoms. The van der Waals surface area contributed by atoms with Crippen LogP contribution < -0.4 is 5.32 Å². The lowest BCUT2D eigenvalue weighted by atomic mass is 9.93. The summed E-state index contributed by atoms with van der Waals surface area (Å²) < 4.78 is 0.859. The van der Waals surface area contributed by atoms with Crippen LogP contribution in [0.15, 0.2) is 59.1 Å². The van der Waals surface area contributed by atoms with Crippen molar-refractivity contribution in [1.82, 2.24) is 10.2 Å². The molecule has 1 fully saturated rings. The molecule has 0 unspecified atom stereocenters. The molecule has 0 aliphatic carbocycles. The Morgan fingerprint density at radius 3 is 2.38 bits per heavy atom. The Morgan fingerprint density at radius 2 is 1.73 bits per heavy atom. The molecule has 134 valence electrons. The fraction of sp³-hybridized carbons (Fsp3) is 0.250. The van der Waals surface area contributed by atoms with Gasteiger partial charge in [-0.2, -0.15) is 0 Å². The van der Waals surface area contributed by atoms with Crippen molar-refractivity contribution in [2.45, 2.75) is 25.3 Å². The number of Topliss-reactive ketones (excluding diaryl/α,β-unsaturated/α-hetero) is 1. The van der Waals surface area contributed by atoms with Gasteiger partial charge in [0.1, 0.15) is 5.54 Å². The summed E-state index contributed by atoms with van der Waals surface area (Å²) in [4.78, 5) is 38.4. The zero-order chi connectivity index (χ0) is 18.7. The summed E-state index contributed by atoms with van der Waals surface area (Å²) in [6.45, 7) is 1.45. The number of urea groups is 1. The first kappa shape index (κ1) is 18.3. The molecule has 3 amide bonds. The molecule has 1 aliphatic rings. The molecule has 5 nitrogen and oxygen atoms in total. The van der Waals surface area contributed by atoms with Gasteiger partial charge in [0.15, 0.2) is 5.78 Å². The molecule has 1 N–H and O–H groups in total. The van der Waals surface area contributed by atoms with E-state index >= 15 is 0 Å². The van der Waals surface area contributed by atoms with Gasteiger partial charge >= 0.3 is 6.03 Å². The number of carbonyl (C=O) groups excluding carboxylic acids is 3. The number of halogens is 1.